The molecule has 9 heteroatoms. The predicted molar refractivity (Wildman–Crippen MR) is 73.2 cm³/mol. The van der Waals surface area contributed by atoms with E-state index in [1.165, 1.54) is 11.8 Å². The van der Waals surface area contributed by atoms with Gasteiger partial charge in [-0.2, -0.15) is 4.98 Å². The minimum atomic E-state index is 0.559. The Balaban J connectivity index is 1.90. The molecule has 2 aromatic rings. The quantitative estimate of drug-likeness (QED) is 0.688. The molecular weight excluding hydrogens is 280 g/mol. The van der Waals surface area contributed by atoms with Gasteiger partial charge in [0.15, 0.2) is 11.0 Å². The molecule has 0 unspecified atom stereocenters. The average molecular weight is 298 g/mol. The fourth-order valence-electron chi connectivity index (χ4n) is 1.59. The van der Waals surface area contributed by atoms with Crippen molar-refractivity contribution in [2.45, 2.75) is 23.8 Å². The Morgan fingerprint density at radius 3 is 2.95 bits per heavy atom. The van der Waals surface area contributed by atoms with E-state index in [-0.39, 0.29) is 0 Å². The molecule has 0 atom stereocenters. The van der Waals surface area contributed by atoms with Crippen LogP contribution in [0, 0.1) is 0 Å². The van der Waals surface area contributed by atoms with Crippen LogP contribution in [0.15, 0.2) is 9.68 Å². The van der Waals surface area contributed by atoms with Crippen molar-refractivity contribution in [1.82, 2.24) is 24.9 Å². The van der Waals surface area contributed by atoms with Gasteiger partial charge in [0.25, 0.3) is 0 Å². The maximum atomic E-state index is 5.51. The Hall–Kier alpha value is -1.45. The van der Waals surface area contributed by atoms with Crippen LogP contribution in [0.25, 0.3) is 0 Å². The van der Waals surface area contributed by atoms with Gasteiger partial charge in [0.05, 0.1) is 12.4 Å². The third kappa shape index (κ3) is 3.78. The molecule has 2 aromatic heterocycles. The number of hydrogen-bond donors (Lipinski definition) is 1. The molecule has 0 aliphatic heterocycles. The smallest absolute Gasteiger partial charge is 0.237 e. The molecule has 0 aliphatic rings. The van der Waals surface area contributed by atoms with Gasteiger partial charge in [0.2, 0.25) is 5.89 Å². The first-order valence-electron chi connectivity index (χ1n) is 6.26. The Kier molecular flexibility index (Phi) is 5.50. The van der Waals surface area contributed by atoms with E-state index in [4.69, 9.17) is 15.0 Å². The van der Waals surface area contributed by atoms with Gasteiger partial charge < -0.3 is 19.6 Å². The summed E-state index contributed by atoms with van der Waals surface area (Å²) in [6, 6.07) is 0. The zero-order chi connectivity index (χ0) is 14.4. The van der Waals surface area contributed by atoms with E-state index in [9.17, 15) is 0 Å². The Morgan fingerprint density at radius 2 is 2.20 bits per heavy atom. The molecule has 8 nitrogen and oxygen atoms in total. The van der Waals surface area contributed by atoms with Crippen LogP contribution < -0.4 is 5.73 Å². The molecule has 2 heterocycles. The van der Waals surface area contributed by atoms with Crippen LogP contribution in [-0.4, -0.2) is 45.2 Å². The van der Waals surface area contributed by atoms with Crippen molar-refractivity contribution >= 4 is 11.8 Å². The molecular formula is C11H18N6O2S. The molecule has 2 N–H and O–H groups in total. The molecule has 0 saturated carbocycles. The fourth-order valence-corrected chi connectivity index (χ4v) is 2.35. The van der Waals surface area contributed by atoms with E-state index in [0.29, 0.717) is 43.5 Å². The molecule has 0 aromatic carbocycles. The second-order valence-electron chi connectivity index (χ2n) is 4.13. The molecule has 0 aliphatic carbocycles. The highest BCUT2D eigenvalue weighted by molar-refractivity contribution is 7.98. The van der Waals surface area contributed by atoms with Crippen molar-refractivity contribution in [3.63, 3.8) is 0 Å². The van der Waals surface area contributed by atoms with E-state index < -0.39 is 0 Å². The highest BCUT2D eigenvalue weighted by Crippen LogP contribution is 2.20. The van der Waals surface area contributed by atoms with Crippen molar-refractivity contribution in [3.8, 4) is 0 Å². The van der Waals surface area contributed by atoms with Gasteiger partial charge in [0, 0.05) is 27.0 Å². The zero-order valence-electron chi connectivity index (χ0n) is 11.6. The Bertz CT molecular complexity index is 541. The minimum Gasteiger partial charge on any atom is -0.384 e. The first-order valence-corrected chi connectivity index (χ1v) is 7.24. The zero-order valence-corrected chi connectivity index (χ0v) is 12.4. The van der Waals surface area contributed by atoms with Crippen LogP contribution in [0.5, 0.6) is 0 Å². The summed E-state index contributed by atoms with van der Waals surface area (Å²) in [5.74, 6) is 2.67. The second kappa shape index (κ2) is 7.36. The molecule has 0 fully saturated rings. The lowest BCUT2D eigenvalue weighted by Crippen LogP contribution is -2.08. The van der Waals surface area contributed by atoms with Gasteiger partial charge in [-0.3, -0.25) is 0 Å². The van der Waals surface area contributed by atoms with Crippen LogP contribution >= 0.6 is 11.8 Å². The molecule has 2 rings (SSSR count). The van der Waals surface area contributed by atoms with Gasteiger partial charge >= 0.3 is 0 Å². The number of thioether (sulfide) groups is 1. The van der Waals surface area contributed by atoms with Gasteiger partial charge in [0.1, 0.15) is 5.82 Å². The van der Waals surface area contributed by atoms with E-state index in [1.54, 1.807) is 7.11 Å². The molecule has 20 heavy (non-hydrogen) atoms. The number of rotatable bonds is 8. The largest absolute Gasteiger partial charge is 0.384 e. The van der Waals surface area contributed by atoms with Crippen LogP contribution in [0.1, 0.15) is 17.5 Å². The summed E-state index contributed by atoms with van der Waals surface area (Å²) in [7, 11) is 3.56. The summed E-state index contributed by atoms with van der Waals surface area (Å²) in [5.41, 5.74) is 5.51. The molecule has 110 valence electrons. The van der Waals surface area contributed by atoms with Crippen LogP contribution in [0.4, 0.5) is 0 Å². The summed E-state index contributed by atoms with van der Waals surface area (Å²) in [5, 5.41) is 12.9. The number of hydrogen-bond acceptors (Lipinski definition) is 8. The van der Waals surface area contributed by atoms with Crippen LogP contribution in [-0.2, 0) is 30.4 Å². The first kappa shape index (κ1) is 14.9. The van der Waals surface area contributed by atoms with Crippen molar-refractivity contribution in [2.24, 2.45) is 12.8 Å². The fraction of sp³-hybridized carbons (Fsp3) is 0.636. The second-order valence-corrected chi connectivity index (χ2v) is 5.07. The number of methoxy groups -OCH3 is 1. The minimum absolute atomic E-state index is 0.559. The van der Waals surface area contributed by atoms with Gasteiger partial charge in [-0.1, -0.05) is 16.9 Å². The van der Waals surface area contributed by atoms with E-state index in [1.807, 2.05) is 11.6 Å². The molecule has 0 spiro atoms. The SMILES string of the molecule is COCCc1noc(CSc2nnc(CCN)n2C)n1. The maximum Gasteiger partial charge on any atom is 0.237 e. The lowest BCUT2D eigenvalue weighted by Gasteiger charge is -2.00. The number of aromatic nitrogens is 5. The van der Waals surface area contributed by atoms with Gasteiger partial charge in [-0.25, -0.2) is 0 Å². The molecule has 0 radical (unpaired) electrons. The van der Waals surface area contributed by atoms with Crippen molar-refractivity contribution < 1.29 is 9.26 Å². The Labute approximate surface area is 121 Å². The summed E-state index contributed by atoms with van der Waals surface area (Å²) in [4.78, 5) is 4.28. The normalized spacial score (nSPS) is 11.2. The van der Waals surface area contributed by atoms with Crippen LogP contribution in [0.2, 0.25) is 0 Å². The summed E-state index contributed by atoms with van der Waals surface area (Å²) in [6.45, 7) is 1.14. The standard InChI is InChI=1S/C11H18N6O2S/c1-17-9(3-5-12)14-15-11(17)20-7-10-13-8(16-19-10)4-6-18-2/h3-7,12H2,1-2H3. The van der Waals surface area contributed by atoms with Crippen molar-refractivity contribution in [2.75, 3.05) is 20.3 Å². The first-order chi connectivity index (χ1) is 9.74. The summed E-state index contributed by atoms with van der Waals surface area (Å²) in [6.07, 6.45) is 1.36. The number of nitrogens with zero attached hydrogens (tertiary/aromatic N) is 5. The van der Waals surface area contributed by atoms with Crippen LogP contribution in [0.3, 0.4) is 0 Å². The van der Waals surface area contributed by atoms with E-state index in [0.717, 1.165) is 11.0 Å². The molecule has 0 amide bonds. The lowest BCUT2D eigenvalue weighted by molar-refractivity contribution is 0.199. The molecule has 0 saturated heterocycles. The van der Waals surface area contributed by atoms with E-state index >= 15 is 0 Å². The summed E-state index contributed by atoms with van der Waals surface area (Å²) >= 11 is 1.51. The highest BCUT2D eigenvalue weighted by Gasteiger charge is 2.11. The number of nitrogens with two attached hydrogens (primary N) is 1. The van der Waals surface area contributed by atoms with Crippen molar-refractivity contribution in [1.29, 1.82) is 0 Å². The highest BCUT2D eigenvalue weighted by atomic mass is 32.2. The van der Waals surface area contributed by atoms with Crippen molar-refractivity contribution in [3.05, 3.63) is 17.5 Å². The van der Waals surface area contributed by atoms with Gasteiger partial charge in [-0.15, -0.1) is 10.2 Å². The summed E-state index contributed by atoms with van der Waals surface area (Å²) < 4.78 is 12.1. The Morgan fingerprint density at radius 1 is 1.35 bits per heavy atom. The topological polar surface area (TPSA) is 105 Å². The monoisotopic (exact) mass is 298 g/mol. The van der Waals surface area contributed by atoms with Gasteiger partial charge in [-0.05, 0) is 6.54 Å². The predicted octanol–water partition coefficient (Wildman–Crippen LogP) is 0.180. The third-order valence-electron chi connectivity index (χ3n) is 2.66. The third-order valence-corrected chi connectivity index (χ3v) is 3.66. The maximum absolute atomic E-state index is 5.51. The average Bonchev–Trinajstić information content (AvgIpc) is 3.03. The number of ether oxygens (including phenoxy) is 1. The lowest BCUT2D eigenvalue weighted by atomic mass is 10.4. The molecule has 0 bridgehead atoms. The van der Waals surface area contributed by atoms with E-state index in [2.05, 4.69) is 20.3 Å².